The van der Waals surface area contributed by atoms with Crippen molar-refractivity contribution in [3.63, 3.8) is 0 Å². The molecule has 2 aromatic rings. The SMILES string of the molecule is O=C(N[C@@H](Cc1ccccc1)C(O)C(=O)N1CCC[C@H]1C(=O)O)OCc1ccccc1. The van der Waals surface area contributed by atoms with Gasteiger partial charge in [0.2, 0.25) is 0 Å². The maximum absolute atomic E-state index is 12.9. The highest BCUT2D eigenvalue weighted by Crippen LogP contribution is 2.20. The van der Waals surface area contributed by atoms with E-state index in [0.717, 1.165) is 11.1 Å². The Labute approximate surface area is 180 Å². The van der Waals surface area contributed by atoms with E-state index in [4.69, 9.17) is 4.74 Å². The van der Waals surface area contributed by atoms with Crippen molar-refractivity contribution >= 4 is 18.0 Å². The zero-order valence-electron chi connectivity index (χ0n) is 17.0. The van der Waals surface area contributed by atoms with Crippen molar-refractivity contribution in [3.05, 3.63) is 71.8 Å². The molecular formula is C23H26N2O6. The van der Waals surface area contributed by atoms with E-state index < -0.39 is 36.2 Å². The zero-order valence-corrected chi connectivity index (χ0v) is 17.0. The third kappa shape index (κ3) is 6.05. The Morgan fingerprint density at radius 3 is 2.26 bits per heavy atom. The third-order valence-electron chi connectivity index (χ3n) is 5.27. The molecule has 2 aromatic carbocycles. The van der Waals surface area contributed by atoms with Gasteiger partial charge in [-0.1, -0.05) is 60.7 Å². The van der Waals surface area contributed by atoms with E-state index in [-0.39, 0.29) is 19.6 Å². The lowest BCUT2D eigenvalue weighted by Gasteiger charge is -2.29. The number of aliphatic carboxylic acids is 1. The van der Waals surface area contributed by atoms with E-state index >= 15 is 0 Å². The maximum Gasteiger partial charge on any atom is 0.407 e. The number of alkyl carbamates (subject to hydrolysis) is 1. The number of aliphatic hydroxyl groups excluding tert-OH is 1. The Morgan fingerprint density at radius 1 is 1.03 bits per heavy atom. The lowest BCUT2D eigenvalue weighted by Crippen LogP contribution is -2.54. The average molecular weight is 426 g/mol. The number of benzene rings is 2. The van der Waals surface area contributed by atoms with Gasteiger partial charge < -0.3 is 25.2 Å². The highest BCUT2D eigenvalue weighted by Gasteiger charge is 2.39. The Bertz CT molecular complexity index is 889. The fourth-order valence-corrected chi connectivity index (χ4v) is 3.66. The summed E-state index contributed by atoms with van der Waals surface area (Å²) in [4.78, 5) is 37.8. The summed E-state index contributed by atoms with van der Waals surface area (Å²) in [5.74, 6) is -1.82. The molecular weight excluding hydrogens is 400 g/mol. The number of amides is 2. The molecule has 3 N–H and O–H groups in total. The number of carbonyl (C=O) groups is 3. The molecule has 2 amide bonds. The number of hydrogen-bond donors (Lipinski definition) is 3. The smallest absolute Gasteiger partial charge is 0.407 e. The van der Waals surface area contributed by atoms with Gasteiger partial charge in [0.05, 0.1) is 6.04 Å². The highest BCUT2D eigenvalue weighted by molar-refractivity contribution is 5.87. The lowest BCUT2D eigenvalue weighted by molar-refractivity contribution is -0.152. The number of nitrogens with zero attached hydrogens (tertiary/aromatic N) is 1. The largest absolute Gasteiger partial charge is 0.480 e. The van der Waals surface area contributed by atoms with Gasteiger partial charge in [-0.2, -0.15) is 0 Å². The Hall–Kier alpha value is -3.39. The van der Waals surface area contributed by atoms with Crippen molar-refractivity contribution in [1.82, 2.24) is 10.2 Å². The van der Waals surface area contributed by atoms with Gasteiger partial charge in [-0.15, -0.1) is 0 Å². The minimum absolute atomic E-state index is 0.0436. The van der Waals surface area contributed by atoms with Crippen LogP contribution in [0.2, 0.25) is 0 Å². The number of carboxylic acids is 1. The number of carbonyl (C=O) groups excluding carboxylic acids is 2. The monoisotopic (exact) mass is 426 g/mol. The number of likely N-dealkylation sites (tertiary alicyclic amines) is 1. The first kappa shape index (κ1) is 22.3. The summed E-state index contributed by atoms with van der Waals surface area (Å²) in [6.07, 6.45) is -1.31. The highest BCUT2D eigenvalue weighted by atomic mass is 16.5. The van der Waals surface area contributed by atoms with Crippen LogP contribution in [0.15, 0.2) is 60.7 Å². The molecule has 1 aliphatic heterocycles. The number of rotatable bonds is 8. The Morgan fingerprint density at radius 2 is 1.65 bits per heavy atom. The number of carboxylic acid groups (broad SMARTS) is 1. The van der Waals surface area contributed by atoms with E-state index in [0.29, 0.717) is 12.8 Å². The standard InChI is InChI=1S/C23H26N2O6/c26-20(21(27)25-13-7-12-19(25)22(28)29)18(14-16-8-3-1-4-9-16)24-23(30)31-15-17-10-5-2-6-11-17/h1-6,8-11,18-20,26H,7,12-15H2,(H,24,30)(H,28,29)/t18-,19-,20?/m0/s1. The minimum Gasteiger partial charge on any atom is -0.480 e. The molecule has 3 atom stereocenters. The van der Waals surface area contributed by atoms with E-state index in [2.05, 4.69) is 5.32 Å². The van der Waals surface area contributed by atoms with Crippen molar-refractivity contribution in [2.75, 3.05) is 6.54 Å². The fourth-order valence-electron chi connectivity index (χ4n) is 3.66. The van der Waals surface area contributed by atoms with Gasteiger partial charge in [-0.05, 0) is 30.4 Å². The van der Waals surface area contributed by atoms with Crippen molar-refractivity contribution in [1.29, 1.82) is 0 Å². The van der Waals surface area contributed by atoms with E-state index in [1.165, 1.54) is 4.90 Å². The van der Waals surface area contributed by atoms with Crippen LogP contribution in [0.25, 0.3) is 0 Å². The molecule has 3 rings (SSSR count). The molecule has 1 fully saturated rings. The van der Waals surface area contributed by atoms with Gasteiger partial charge in [0.15, 0.2) is 6.10 Å². The first-order valence-corrected chi connectivity index (χ1v) is 10.2. The van der Waals surface area contributed by atoms with E-state index in [9.17, 15) is 24.6 Å². The van der Waals surface area contributed by atoms with Gasteiger partial charge in [-0.25, -0.2) is 9.59 Å². The summed E-state index contributed by atoms with van der Waals surface area (Å²) >= 11 is 0. The Kier molecular flexibility index (Phi) is 7.61. The van der Waals surface area contributed by atoms with Crippen LogP contribution in [0.1, 0.15) is 24.0 Å². The summed E-state index contributed by atoms with van der Waals surface area (Å²) in [6.45, 7) is 0.297. The summed E-state index contributed by atoms with van der Waals surface area (Å²) in [7, 11) is 0. The van der Waals surface area contributed by atoms with Gasteiger partial charge in [0, 0.05) is 6.54 Å². The van der Waals surface area contributed by atoms with Crippen molar-refractivity contribution in [2.24, 2.45) is 0 Å². The third-order valence-corrected chi connectivity index (χ3v) is 5.27. The van der Waals surface area contributed by atoms with E-state index in [1.54, 1.807) is 0 Å². The number of ether oxygens (including phenoxy) is 1. The second-order valence-corrected chi connectivity index (χ2v) is 7.48. The predicted octanol–water partition coefficient (Wildman–Crippen LogP) is 1.96. The summed E-state index contributed by atoms with van der Waals surface area (Å²) < 4.78 is 5.23. The first-order chi connectivity index (χ1) is 15.0. The van der Waals surface area contributed by atoms with Crippen molar-refractivity contribution < 1.29 is 29.3 Å². The molecule has 1 heterocycles. The van der Waals surface area contributed by atoms with Crippen molar-refractivity contribution in [3.8, 4) is 0 Å². The van der Waals surface area contributed by atoms with Gasteiger partial charge in [0.1, 0.15) is 12.6 Å². The topological polar surface area (TPSA) is 116 Å². The molecule has 0 spiro atoms. The summed E-state index contributed by atoms with van der Waals surface area (Å²) in [5.41, 5.74) is 1.61. The van der Waals surface area contributed by atoms with Crippen LogP contribution in [0.5, 0.6) is 0 Å². The maximum atomic E-state index is 12.9. The van der Waals surface area contributed by atoms with Gasteiger partial charge >= 0.3 is 12.1 Å². The van der Waals surface area contributed by atoms with Crippen LogP contribution in [0.4, 0.5) is 4.79 Å². The molecule has 1 unspecified atom stereocenters. The van der Waals surface area contributed by atoms with Crippen LogP contribution < -0.4 is 5.32 Å². The molecule has 0 aliphatic carbocycles. The molecule has 0 saturated carbocycles. The predicted molar refractivity (Wildman–Crippen MR) is 112 cm³/mol. The molecule has 0 bridgehead atoms. The summed E-state index contributed by atoms with van der Waals surface area (Å²) in [6, 6.07) is 16.3. The normalized spacial score (nSPS) is 17.6. The first-order valence-electron chi connectivity index (χ1n) is 10.2. The average Bonchev–Trinajstić information content (AvgIpc) is 3.28. The number of aliphatic hydroxyl groups is 1. The van der Waals surface area contributed by atoms with Crippen LogP contribution in [0.3, 0.4) is 0 Å². The quantitative estimate of drug-likeness (QED) is 0.594. The Balaban J connectivity index is 1.70. The number of nitrogens with one attached hydrogen (secondary N) is 1. The molecule has 8 nitrogen and oxygen atoms in total. The van der Waals surface area contributed by atoms with Gasteiger partial charge in [0.25, 0.3) is 5.91 Å². The molecule has 0 radical (unpaired) electrons. The van der Waals surface area contributed by atoms with Crippen LogP contribution in [-0.2, 0) is 27.4 Å². The van der Waals surface area contributed by atoms with Gasteiger partial charge in [-0.3, -0.25) is 4.79 Å². The fraction of sp³-hybridized carbons (Fsp3) is 0.348. The van der Waals surface area contributed by atoms with E-state index in [1.807, 2.05) is 60.7 Å². The van der Waals surface area contributed by atoms with Crippen molar-refractivity contribution in [2.45, 2.75) is 44.1 Å². The zero-order chi connectivity index (χ0) is 22.2. The molecule has 31 heavy (non-hydrogen) atoms. The molecule has 1 aliphatic rings. The van der Waals surface area contributed by atoms with Crippen LogP contribution >= 0.6 is 0 Å². The summed E-state index contributed by atoms with van der Waals surface area (Å²) in [5, 5.41) is 22.7. The molecule has 164 valence electrons. The molecule has 8 heteroatoms. The number of hydrogen-bond acceptors (Lipinski definition) is 5. The van der Waals surface area contributed by atoms with Crippen LogP contribution in [0, 0.1) is 0 Å². The second-order valence-electron chi connectivity index (χ2n) is 7.48. The minimum atomic E-state index is -1.61. The molecule has 1 saturated heterocycles. The lowest BCUT2D eigenvalue weighted by atomic mass is 10.00. The van der Waals surface area contributed by atoms with Crippen LogP contribution in [-0.4, -0.2) is 57.8 Å². The molecule has 0 aromatic heterocycles. The second kappa shape index (κ2) is 10.6.